The van der Waals surface area contributed by atoms with Gasteiger partial charge in [0.2, 0.25) is 6.29 Å². The average molecular weight is 1200 g/mol. The minimum Gasteiger partial charge on any atom is -0.462 e. The Balaban J connectivity index is 0.670. The largest absolute Gasteiger partial charge is 0.462 e. The first kappa shape index (κ1) is 63.6. The van der Waals surface area contributed by atoms with Crippen molar-refractivity contribution in [2.45, 2.75) is 197 Å². The van der Waals surface area contributed by atoms with Crippen LogP contribution in [-0.2, 0) is 71.1 Å². The molecule has 468 valence electrons. The molecule has 1 aromatic rings. The van der Waals surface area contributed by atoms with Crippen molar-refractivity contribution in [2.75, 3.05) is 52.9 Å². The van der Waals surface area contributed by atoms with Gasteiger partial charge in [0, 0.05) is 12.1 Å². The molecule has 0 amide bonds. The first-order valence-electron chi connectivity index (χ1n) is 26.0. The maximum atomic E-state index is 11.0. The second-order valence-electron chi connectivity index (χ2n) is 20.6. The number of nitro groups is 1. The van der Waals surface area contributed by atoms with E-state index in [0.29, 0.717) is 0 Å². The van der Waals surface area contributed by atoms with Gasteiger partial charge in [-0.15, -0.1) is 0 Å². The highest BCUT2D eigenvalue weighted by molar-refractivity contribution is 5.36. The van der Waals surface area contributed by atoms with Crippen LogP contribution in [-0.4, -0.2) is 341 Å². The fraction of sp³-hybridized carbons (Fsp3) is 0.870. The Morgan fingerprint density at radius 1 is 0.305 bits per heavy atom. The van der Waals surface area contributed by atoms with Gasteiger partial charge in [-0.25, -0.2) is 0 Å². The summed E-state index contributed by atoms with van der Waals surface area (Å²) >= 11 is 0. The molecule has 82 heavy (non-hydrogen) atoms. The Morgan fingerprint density at radius 3 is 0.756 bits per heavy atom. The fourth-order valence-corrected chi connectivity index (χ4v) is 9.92. The van der Waals surface area contributed by atoms with Gasteiger partial charge in [-0.05, 0) is 12.1 Å². The zero-order valence-corrected chi connectivity index (χ0v) is 42.8. The van der Waals surface area contributed by atoms with E-state index >= 15 is 0 Å². The first-order valence-corrected chi connectivity index (χ1v) is 26.0. The molecule has 17 N–H and O–H groups in total. The molecule has 8 aliphatic heterocycles. The van der Waals surface area contributed by atoms with E-state index in [0.717, 1.165) is 12.1 Å². The number of aliphatic hydroxyl groups is 17. The summed E-state index contributed by atoms with van der Waals surface area (Å²) in [6, 6.07) is 4.85. The number of nitro benzene ring substituents is 1. The summed E-state index contributed by atoms with van der Waals surface area (Å²) in [6.45, 7) is -3.87. The molecule has 32 atom stereocenters. The van der Waals surface area contributed by atoms with E-state index in [2.05, 4.69) is 0 Å². The van der Waals surface area contributed by atoms with Gasteiger partial charge in [-0.2, -0.15) is 0 Å². The van der Waals surface area contributed by atoms with Gasteiger partial charge in [0.15, 0.2) is 44.0 Å². The van der Waals surface area contributed by atoms with E-state index in [1.807, 2.05) is 0 Å². The third kappa shape index (κ3) is 13.9. The van der Waals surface area contributed by atoms with Crippen molar-refractivity contribution >= 4 is 5.69 Å². The van der Waals surface area contributed by atoms with Crippen LogP contribution in [0, 0.1) is 10.1 Å². The molecule has 0 spiro atoms. The van der Waals surface area contributed by atoms with Crippen LogP contribution in [0.15, 0.2) is 24.3 Å². The van der Waals surface area contributed by atoms with Crippen LogP contribution >= 0.6 is 0 Å². The van der Waals surface area contributed by atoms with Gasteiger partial charge in [-0.3, -0.25) is 10.1 Å². The van der Waals surface area contributed by atoms with E-state index in [-0.39, 0.29) is 11.4 Å². The first-order chi connectivity index (χ1) is 39.0. The van der Waals surface area contributed by atoms with E-state index in [1.54, 1.807) is 0 Å². The van der Waals surface area contributed by atoms with Gasteiger partial charge in [0.05, 0.1) is 57.8 Å². The Kier molecular flexibility index (Phi) is 21.3. The summed E-state index contributed by atoms with van der Waals surface area (Å²) in [4.78, 5) is 10.3. The molecule has 0 aliphatic carbocycles. The lowest BCUT2D eigenvalue weighted by atomic mass is 10.0. The predicted molar refractivity (Wildman–Crippen MR) is 248 cm³/mol. The van der Waals surface area contributed by atoms with Crippen LogP contribution in [0.25, 0.3) is 0 Å². The number of nitrogens with zero attached hydrogens (tertiary/aromatic N) is 1. The third-order valence-corrected chi connectivity index (χ3v) is 15.0. The van der Waals surface area contributed by atoms with Crippen LogP contribution in [0.4, 0.5) is 5.69 Å². The minimum absolute atomic E-state index is 0.0871. The van der Waals surface area contributed by atoms with Crippen molar-refractivity contribution in [3.63, 3.8) is 0 Å². The molecule has 8 saturated heterocycles. The van der Waals surface area contributed by atoms with Gasteiger partial charge in [0.25, 0.3) is 5.69 Å². The van der Waals surface area contributed by atoms with Crippen molar-refractivity contribution in [2.24, 2.45) is 0 Å². The molecule has 0 saturated carbocycles. The van der Waals surface area contributed by atoms with Crippen molar-refractivity contribution in [1.82, 2.24) is 0 Å². The fourth-order valence-electron chi connectivity index (χ4n) is 9.92. The number of non-ortho nitro benzene ring substituents is 1. The van der Waals surface area contributed by atoms with Crippen LogP contribution in [0.5, 0.6) is 5.75 Å². The highest BCUT2D eigenvalue weighted by Gasteiger charge is 2.53. The summed E-state index contributed by atoms with van der Waals surface area (Å²) in [5, 5.41) is 193. The zero-order chi connectivity index (χ0) is 59.0. The number of hydrogen-bond acceptors (Lipinski definition) is 35. The number of aliphatic hydroxyl groups excluding tert-OH is 17. The molecule has 8 aliphatic rings. The highest BCUT2D eigenvalue weighted by Crippen LogP contribution is 2.34. The molecule has 1 aromatic carbocycles. The van der Waals surface area contributed by atoms with Crippen LogP contribution in [0.3, 0.4) is 0 Å². The summed E-state index contributed by atoms with van der Waals surface area (Å²) in [5.74, 6) is 0.0871. The van der Waals surface area contributed by atoms with E-state index in [4.69, 9.17) is 75.8 Å². The van der Waals surface area contributed by atoms with Crippen molar-refractivity contribution < 1.29 is 168 Å². The SMILES string of the molecule is O=[N+]([O-])c1ccc(OC2OCC(OC3OCC(OC4OCC(OC5OCC(OC6OCC(OC7OCC(OC8OCC(OC9OCC(O)C(O)C9O)C(O)C8O)C(O)C7O)C(O)C6O)C(O)C5O)C(O)C4O)C(O)C3O)C(O)C2O)cc1. The van der Waals surface area contributed by atoms with E-state index in [9.17, 15) is 96.9 Å². The quantitative estimate of drug-likeness (QED) is 0.0509. The molecule has 0 bridgehead atoms. The molecule has 0 radical (unpaired) electrons. The summed E-state index contributed by atoms with van der Waals surface area (Å²) < 4.78 is 88.5. The lowest BCUT2D eigenvalue weighted by Gasteiger charge is -2.45. The van der Waals surface area contributed by atoms with E-state index in [1.165, 1.54) is 12.1 Å². The Labute approximate surface area is 462 Å². The Morgan fingerprint density at radius 2 is 0.512 bits per heavy atom. The molecule has 36 heteroatoms. The number of ether oxygens (including phenoxy) is 16. The molecular formula is C46H69NO35. The third-order valence-electron chi connectivity index (χ3n) is 15.0. The lowest BCUT2D eigenvalue weighted by Crippen LogP contribution is -2.63. The second-order valence-corrected chi connectivity index (χ2v) is 20.6. The Hall–Kier alpha value is -2.86. The predicted octanol–water partition coefficient (Wildman–Crippen LogP) is -11.3. The van der Waals surface area contributed by atoms with Crippen LogP contribution in [0.2, 0.25) is 0 Å². The number of benzene rings is 1. The van der Waals surface area contributed by atoms with Crippen LogP contribution < -0.4 is 4.74 Å². The van der Waals surface area contributed by atoms with E-state index < -0.39 is 255 Å². The molecule has 0 aromatic heterocycles. The van der Waals surface area contributed by atoms with Gasteiger partial charge in [-0.1, -0.05) is 0 Å². The lowest BCUT2D eigenvalue weighted by molar-refractivity contribution is -0.384. The summed E-state index contributed by atoms with van der Waals surface area (Å²) in [7, 11) is 0. The number of rotatable bonds is 17. The normalized spacial score (nSPS) is 49.7. The maximum absolute atomic E-state index is 11.0. The van der Waals surface area contributed by atoms with Crippen molar-refractivity contribution in [3.8, 4) is 5.75 Å². The monoisotopic (exact) mass is 1200 g/mol. The van der Waals surface area contributed by atoms with Gasteiger partial charge in [0.1, 0.15) is 152 Å². The second kappa shape index (κ2) is 27.5. The molecule has 8 heterocycles. The smallest absolute Gasteiger partial charge is 0.269 e. The molecule has 36 nitrogen and oxygen atoms in total. The standard InChI is InChI=1S/C46H69NO35/c48-15-5-67-40(31(57)23(15)49)76-17-7-69-42(33(59)25(17)51)78-19-9-71-44(35(61)27(19)53)80-21-11-73-46(37(63)29(21)55)82-22-12-74-45(38(64)30(22)56)81-20-10-72-43(36(62)28(20)54)79-18-8-70-41(34(60)26(18)52)77-16-6-68-39(32(58)24(16)50)75-14-3-1-13(2-4-14)47(65)66/h1-4,15-46,48-64H,5-12H2. The minimum atomic E-state index is -1.91. The summed E-state index contributed by atoms with van der Waals surface area (Å²) in [5.41, 5.74) is -0.212. The average Bonchev–Trinajstić information content (AvgIpc) is 3.48. The van der Waals surface area contributed by atoms with Crippen LogP contribution in [0.1, 0.15) is 0 Å². The van der Waals surface area contributed by atoms with Gasteiger partial charge < -0.3 is 163 Å². The highest BCUT2D eigenvalue weighted by atomic mass is 16.8. The maximum Gasteiger partial charge on any atom is 0.269 e. The molecule has 32 unspecified atom stereocenters. The molecule has 8 fully saturated rings. The molecular weight excluding hydrogens is 1130 g/mol. The zero-order valence-electron chi connectivity index (χ0n) is 42.8. The van der Waals surface area contributed by atoms with Crippen molar-refractivity contribution in [3.05, 3.63) is 34.4 Å². The topological polar surface area (TPSA) is 535 Å². The molecule has 9 rings (SSSR count). The van der Waals surface area contributed by atoms with Crippen molar-refractivity contribution in [1.29, 1.82) is 0 Å². The Bertz CT molecular complexity index is 2180. The number of hydrogen-bond donors (Lipinski definition) is 17. The summed E-state index contributed by atoms with van der Waals surface area (Å²) in [6.07, 6.45) is -52.7. The van der Waals surface area contributed by atoms with Gasteiger partial charge >= 0.3 is 0 Å².